The molecule has 0 spiro atoms. The predicted octanol–water partition coefficient (Wildman–Crippen LogP) is 2.78. The van der Waals surface area contributed by atoms with E-state index in [-0.39, 0.29) is 44.5 Å². The van der Waals surface area contributed by atoms with E-state index in [1.54, 1.807) is 41.5 Å². The second-order valence-corrected chi connectivity index (χ2v) is 4.78. The maximum absolute atomic E-state index is 8.06. The van der Waals surface area contributed by atoms with E-state index in [4.69, 9.17) is 15.3 Å². The Kier molecular flexibility index (Phi) is 46.1. The number of aliphatic hydroxyl groups is 3. The van der Waals surface area contributed by atoms with E-state index in [0.29, 0.717) is 0 Å². The monoisotopic (exact) mass is 327 g/mol. The molecule has 0 bridgehead atoms. The maximum Gasteiger partial charge on any atom is 0.0483 e. The minimum absolute atomic E-state index is 0. The van der Waals surface area contributed by atoms with Gasteiger partial charge in [-0.1, -0.05) is 0 Å². The molecule has 0 saturated carbocycles. The van der Waals surface area contributed by atoms with Gasteiger partial charge in [-0.25, -0.2) is 0 Å². The fraction of sp³-hybridized carbons (Fsp3) is 0.923. The predicted molar refractivity (Wildman–Crippen MR) is 72.3 cm³/mol. The second kappa shape index (κ2) is 25.6. The normalized spacial score (nSPS) is 8.47. The number of aliphatic hydroxyl groups excluding tert-OH is 3. The minimum Gasteiger partial charge on any atom is -0.394 e. The average molecular weight is 329 g/mol. The van der Waals surface area contributed by atoms with Crippen molar-refractivity contribution in [1.29, 1.82) is 0 Å². The summed E-state index contributed by atoms with van der Waals surface area (Å²) in [6.45, 7) is 16.6. The average Bonchev–Trinajstić information content (AvgIpc) is 1.76. The van der Waals surface area contributed by atoms with Crippen LogP contribution in [-0.4, -0.2) is 33.6 Å². The van der Waals surface area contributed by atoms with Gasteiger partial charge in [0.1, 0.15) is 0 Å². The molecule has 0 atom stereocenters. The van der Waals surface area contributed by atoms with Crippen LogP contribution in [0.4, 0.5) is 0 Å². The molecule has 3 nitrogen and oxygen atoms in total. The molecule has 0 fully saturated rings. The van der Waals surface area contributed by atoms with Crippen LogP contribution in [0.25, 0.3) is 0 Å². The summed E-state index contributed by atoms with van der Waals surface area (Å²) in [5.41, 5.74) is 0. The summed E-state index contributed by atoms with van der Waals surface area (Å²) in [4.78, 5) is 0. The van der Waals surface area contributed by atoms with Crippen molar-refractivity contribution in [2.45, 2.75) is 80.6 Å². The van der Waals surface area contributed by atoms with Crippen molar-refractivity contribution in [2.24, 2.45) is 0 Å². The van der Waals surface area contributed by atoms with Gasteiger partial charge in [-0.15, -0.1) is 0 Å². The van der Waals surface area contributed by atoms with E-state index in [1.807, 2.05) is 0 Å². The molecule has 0 rings (SSSR count). The summed E-state index contributed by atoms with van der Waals surface area (Å²) in [6.07, 6.45) is -0.500. The van der Waals surface area contributed by atoms with Crippen LogP contribution in [-0.2, 0) is 26.2 Å². The van der Waals surface area contributed by atoms with Gasteiger partial charge < -0.3 is 21.2 Å². The van der Waals surface area contributed by atoms with Crippen molar-refractivity contribution in [2.75, 3.05) is 0 Å². The zero-order valence-corrected chi connectivity index (χ0v) is 15.5. The molecule has 0 amide bonds. The van der Waals surface area contributed by atoms with Crippen molar-refractivity contribution in [3.63, 3.8) is 0 Å². The van der Waals surface area contributed by atoms with Crippen LogP contribution in [0.1, 0.15) is 62.3 Å². The Bertz CT molecular complexity index is 59.6. The van der Waals surface area contributed by atoms with Gasteiger partial charge in [-0.3, -0.25) is 0 Å². The maximum atomic E-state index is 8.06. The van der Waals surface area contributed by atoms with Gasteiger partial charge in [0.2, 0.25) is 0 Å². The SMILES string of the molecule is CC(C)O.CC(C)O.CC(C)O.C[C-](C)C.[Zr]. The first kappa shape index (κ1) is 30.6. The first-order valence-electron chi connectivity index (χ1n) is 5.74. The summed E-state index contributed by atoms with van der Waals surface area (Å²) in [6, 6.07) is 0. The molecule has 3 N–H and O–H groups in total. The Balaban J connectivity index is -0.0000000369. The fourth-order valence-electron chi connectivity index (χ4n) is 0. The first-order chi connectivity index (χ1) is 6.93. The van der Waals surface area contributed by atoms with Crippen LogP contribution in [0.3, 0.4) is 0 Å². The van der Waals surface area contributed by atoms with Crippen molar-refractivity contribution < 1.29 is 41.5 Å². The molecule has 0 heterocycles. The summed E-state index contributed by atoms with van der Waals surface area (Å²) >= 11 is 0. The Labute approximate surface area is 128 Å². The molecule has 0 unspecified atom stereocenters. The second-order valence-electron chi connectivity index (χ2n) is 4.78. The van der Waals surface area contributed by atoms with Crippen LogP contribution in [0.15, 0.2) is 0 Å². The van der Waals surface area contributed by atoms with E-state index in [0.717, 1.165) is 0 Å². The van der Waals surface area contributed by atoms with Crippen molar-refractivity contribution in [3.8, 4) is 0 Å². The van der Waals surface area contributed by atoms with Crippen LogP contribution in [0, 0.1) is 5.92 Å². The number of rotatable bonds is 0. The molecule has 4 heteroatoms. The molecule has 0 aliphatic heterocycles. The Hall–Kier alpha value is 0.763. The third kappa shape index (κ3) is 6270. The van der Waals surface area contributed by atoms with Gasteiger partial charge in [0, 0.05) is 44.5 Å². The fourth-order valence-corrected chi connectivity index (χ4v) is 0. The van der Waals surface area contributed by atoms with Gasteiger partial charge in [-0.05, 0) is 41.5 Å². The molecule has 0 aromatic heterocycles. The van der Waals surface area contributed by atoms with Crippen LogP contribution >= 0.6 is 0 Å². The molecule has 0 aliphatic carbocycles. The molecule has 0 aromatic carbocycles. The summed E-state index contributed by atoms with van der Waals surface area (Å²) in [7, 11) is 0. The summed E-state index contributed by atoms with van der Waals surface area (Å²) in [5.74, 6) is 1.42. The van der Waals surface area contributed by atoms with Crippen molar-refractivity contribution in [3.05, 3.63) is 5.92 Å². The topological polar surface area (TPSA) is 60.7 Å². The Morgan fingerprint density at radius 3 is 0.588 bits per heavy atom. The van der Waals surface area contributed by atoms with Crippen LogP contribution < -0.4 is 0 Å². The number of hydrogen-bond donors (Lipinski definition) is 3. The van der Waals surface area contributed by atoms with Crippen LogP contribution in [0.2, 0.25) is 0 Å². The van der Waals surface area contributed by atoms with E-state index < -0.39 is 0 Å². The minimum atomic E-state index is -0.167. The van der Waals surface area contributed by atoms with Gasteiger partial charge in [0.15, 0.2) is 0 Å². The summed E-state index contributed by atoms with van der Waals surface area (Å²) < 4.78 is 0. The van der Waals surface area contributed by atoms with Crippen molar-refractivity contribution in [1.82, 2.24) is 0 Å². The summed E-state index contributed by atoms with van der Waals surface area (Å²) in [5, 5.41) is 24.2. The molecule has 0 aliphatic rings. The van der Waals surface area contributed by atoms with Gasteiger partial charge >= 0.3 is 0 Å². The molecular formula is C13H33O3Zr-. The quantitative estimate of drug-likeness (QED) is 0.599. The molecule has 0 saturated heterocycles. The first-order valence-corrected chi connectivity index (χ1v) is 5.74. The van der Waals surface area contributed by atoms with E-state index in [2.05, 4.69) is 20.8 Å². The Morgan fingerprint density at radius 1 is 0.588 bits per heavy atom. The van der Waals surface area contributed by atoms with E-state index >= 15 is 0 Å². The number of hydrogen-bond acceptors (Lipinski definition) is 3. The van der Waals surface area contributed by atoms with Gasteiger partial charge in [-0.2, -0.15) is 20.8 Å². The van der Waals surface area contributed by atoms with E-state index in [9.17, 15) is 0 Å². The zero-order valence-electron chi connectivity index (χ0n) is 13.1. The molecule has 0 radical (unpaired) electrons. The molecule has 108 valence electrons. The van der Waals surface area contributed by atoms with Gasteiger partial charge in [0.25, 0.3) is 0 Å². The third-order valence-electron chi connectivity index (χ3n) is 0. The van der Waals surface area contributed by atoms with E-state index in [1.165, 1.54) is 5.92 Å². The standard InChI is InChI=1S/C4H9.3C3H8O.Zr/c1-4(2)3;3*1-3(2)4;/h1-3H3;3*3-4H,1-2H3;/q-1;;;;. The molecule has 17 heavy (non-hydrogen) atoms. The third-order valence-corrected chi connectivity index (χ3v) is 0. The van der Waals surface area contributed by atoms with Crippen molar-refractivity contribution >= 4 is 0 Å². The van der Waals surface area contributed by atoms with Crippen LogP contribution in [0.5, 0.6) is 0 Å². The molecular weight excluding hydrogens is 295 g/mol. The molecule has 0 aromatic rings. The Morgan fingerprint density at radius 2 is 0.588 bits per heavy atom. The largest absolute Gasteiger partial charge is 0.394 e. The van der Waals surface area contributed by atoms with Gasteiger partial charge in [0.05, 0.1) is 0 Å². The smallest absolute Gasteiger partial charge is 0.0483 e. The zero-order chi connectivity index (χ0) is 14.3.